The summed E-state index contributed by atoms with van der Waals surface area (Å²) in [6, 6.07) is 8.00. The van der Waals surface area contributed by atoms with Crippen molar-refractivity contribution in [2.45, 2.75) is 13.5 Å². The van der Waals surface area contributed by atoms with Gasteiger partial charge in [0.1, 0.15) is 11.6 Å². The first-order chi connectivity index (χ1) is 11.0. The van der Waals surface area contributed by atoms with E-state index < -0.39 is 0 Å². The van der Waals surface area contributed by atoms with Gasteiger partial charge < -0.3 is 9.42 Å². The number of pyridine rings is 1. The van der Waals surface area contributed by atoms with Crippen LogP contribution in [0, 0.1) is 12.7 Å². The van der Waals surface area contributed by atoms with Gasteiger partial charge in [-0.25, -0.2) is 9.37 Å². The zero-order valence-corrected chi connectivity index (χ0v) is 13.4. The highest BCUT2D eigenvalue weighted by molar-refractivity contribution is 6.31. The van der Waals surface area contributed by atoms with Crippen LogP contribution in [0.1, 0.15) is 11.4 Å². The standard InChI is InChI=1S/C16H14ClFN4O/c1-10-20-16(23-21-10)13-4-3-7-19-15(13)22(2)9-11-5-6-12(18)8-14(11)17/h3-8H,9H2,1-2H3. The second kappa shape index (κ2) is 6.34. The van der Waals surface area contributed by atoms with E-state index >= 15 is 0 Å². The first-order valence-corrected chi connectivity index (χ1v) is 7.33. The van der Waals surface area contributed by atoms with Crippen LogP contribution in [0.4, 0.5) is 10.2 Å². The third-order valence-corrected chi connectivity index (χ3v) is 3.68. The maximum atomic E-state index is 13.2. The van der Waals surface area contributed by atoms with Crippen molar-refractivity contribution in [2.75, 3.05) is 11.9 Å². The summed E-state index contributed by atoms with van der Waals surface area (Å²) in [4.78, 5) is 10.5. The lowest BCUT2D eigenvalue weighted by molar-refractivity contribution is 0.425. The van der Waals surface area contributed by atoms with Crippen LogP contribution in [0.25, 0.3) is 11.5 Å². The molecule has 0 aliphatic heterocycles. The number of aryl methyl sites for hydroxylation is 1. The van der Waals surface area contributed by atoms with Gasteiger partial charge in [0.2, 0.25) is 0 Å². The Hall–Kier alpha value is -2.47. The molecule has 0 fully saturated rings. The summed E-state index contributed by atoms with van der Waals surface area (Å²) in [6.45, 7) is 2.22. The van der Waals surface area contributed by atoms with Gasteiger partial charge in [-0.1, -0.05) is 22.8 Å². The molecular formula is C16H14ClFN4O. The van der Waals surface area contributed by atoms with Crippen molar-refractivity contribution in [3.05, 3.63) is 58.8 Å². The molecule has 0 amide bonds. The summed E-state index contributed by atoms with van der Waals surface area (Å²) >= 11 is 6.09. The lowest BCUT2D eigenvalue weighted by Gasteiger charge is -2.20. The Morgan fingerprint density at radius 3 is 2.83 bits per heavy atom. The van der Waals surface area contributed by atoms with Gasteiger partial charge in [0, 0.05) is 24.8 Å². The topological polar surface area (TPSA) is 55.1 Å². The molecular weight excluding hydrogens is 319 g/mol. The van der Waals surface area contributed by atoms with Gasteiger partial charge in [-0.2, -0.15) is 4.98 Å². The Kier molecular flexibility index (Phi) is 4.25. The third-order valence-electron chi connectivity index (χ3n) is 3.33. The minimum atomic E-state index is -0.360. The van der Waals surface area contributed by atoms with E-state index in [2.05, 4.69) is 15.1 Å². The molecule has 0 saturated carbocycles. The highest BCUT2D eigenvalue weighted by atomic mass is 35.5. The van der Waals surface area contributed by atoms with E-state index in [9.17, 15) is 4.39 Å². The molecule has 3 aromatic rings. The number of hydrogen-bond acceptors (Lipinski definition) is 5. The molecule has 0 spiro atoms. The van der Waals surface area contributed by atoms with Gasteiger partial charge >= 0.3 is 0 Å². The fourth-order valence-corrected chi connectivity index (χ4v) is 2.48. The number of nitrogens with zero attached hydrogens (tertiary/aromatic N) is 4. The maximum Gasteiger partial charge on any atom is 0.261 e. The van der Waals surface area contributed by atoms with E-state index in [1.165, 1.54) is 12.1 Å². The summed E-state index contributed by atoms with van der Waals surface area (Å²) < 4.78 is 18.4. The molecule has 0 unspecified atom stereocenters. The van der Waals surface area contributed by atoms with Crippen molar-refractivity contribution >= 4 is 17.4 Å². The van der Waals surface area contributed by atoms with Crippen LogP contribution in [-0.4, -0.2) is 22.2 Å². The van der Waals surface area contributed by atoms with E-state index in [0.717, 1.165) is 11.1 Å². The van der Waals surface area contributed by atoms with Gasteiger partial charge in [-0.15, -0.1) is 0 Å². The van der Waals surface area contributed by atoms with Gasteiger partial charge in [0.05, 0.1) is 5.56 Å². The molecule has 0 radical (unpaired) electrons. The number of benzene rings is 1. The summed E-state index contributed by atoms with van der Waals surface area (Å²) in [5, 5.41) is 4.18. The normalized spacial score (nSPS) is 10.8. The second-order valence-electron chi connectivity index (χ2n) is 5.11. The third kappa shape index (κ3) is 3.32. The molecule has 3 rings (SSSR count). The fraction of sp³-hybridized carbons (Fsp3) is 0.188. The zero-order chi connectivity index (χ0) is 16.4. The molecule has 2 aromatic heterocycles. The summed E-state index contributed by atoms with van der Waals surface area (Å²) in [6.07, 6.45) is 1.69. The molecule has 2 heterocycles. The molecule has 5 nitrogen and oxygen atoms in total. The van der Waals surface area contributed by atoms with Gasteiger partial charge in [0.25, 0.3) is 5.89 Å². The SMILES string of the molecule is Cc1noc(-c2cccnc2N(C)Cc2ccc(F)cc2Cl)n1. The molecule has 1 aromatic carbocycles. The van der Waals surface area contributed by atoms with Crippen LogP contribution < -0.4 is 4.90 Å². The Balaban J connectivity index is 1.92. The molecule has 7 heteroatoms. The van der Waals surface area contributed by atoms with E-state index in [0.29, 0.717) is 29.1 Å². The van der Waals surface area contributed by atoms with Crippen LogP contribution in [0.2, 0.25) is 5.02 Å². The van der Waals surface area contributed by atoms with Crippen molar-refractivity contribution in [1.82, 2.24) is 15.1 Å². The van der Waals surface area contributed by atoms with Gasteiger partial charge in [-0.3, -0.25) is 0 Å². The monoisotopic (exact) mass is 332 g/mol. The van der Waals surface area contributed by atoms with Crippen molar-refractivity contribution in [2.24, 2.45) is 0 Å². The second-order valence-corrected chi connectivity index (χ2v) is 5.52. The molecule has 0 bridgehead atoms. The predicted octanol–water partition coefficient (Wildman–Crippen LogP) is 3.87. The van der Waals surface area contributed by atoms with E-state index in [1.54, 1.807) is 25.3 Å². The lowest BCUT2D eigenvalue weighted by atomic mass is 10.2. The molecule has 0 N–H and O–H groups in total. The Morgan fingerprint density at radius 2 is 2.13 bits per heavy atom. The fourth-order valence-electron chi connectivity index (χ4n) is 2.25. The molecule has 23 heavy (non-hydrogen) atoms. The number of rotatable bonds is 4. The Labute approximate surface area is 137 Å². The van der Waals surface area contributed by atoms with Crippen LogP contribution in [0.3, 0.4) is 0 Å². The van der Waals surface area contributed by atoms with Gasteiger partial charge in [0.15, 0.2) is 5.82 Å². The lowest BCUT2D eigenvalue weighted by Crippen LogP contribution is -2.19. The zero-order valence-electron chi connectivity index (χ0n) is 12.6. The van der Waals surface area contributed by atoms with Crippen molar-refractivity contribution in [3.63, 3.8) is 0 Å². The minimum Gasteiger partial charge on any atom is -0.355 e. The number of anilines is 1. The average Bonchev–Trinajstić information content (AvgIpc) is 2.96. The smallest absolute Gasteiger partial charge is 0.261 e. The van der Waals surface area contributed by atoms with Crippen LogP contribution in [-0.2, 0) is 6.54 Å². The highest BCUT2D eigenvalue weighted by Crippen LogP contribution is 2.28. The molecule has 0 aliphatic rings. The van der Waals surface area contributed by atoms with Crippen LogP contribution in [0.15, 0.2) is 41.1 Å². The van der Waals surface area contributed by atoms with Gasteiger partial charge in [-0.05, 0) is 36.8 Å². The molecule has 118 valence electrons. The summed E-state index contributed by atoms with van der Waals surface area (Å²) in [5.41, 5.74) is 1.53. The van der Waals surface area contributed by atoms with Crippen LogP contribution in [0.5, 0.6) is 0 Å². The number of aromatic nitrogens is 3. The van der Waals surface area contributed by atoms with Crippen molar-refractivity contribution in [3.8, 4) is 11.5 Å². The first kappa shape index (κ1) is 15.4. The molecule has 0 saturated heterocycles. The molecule has 0 aliphatic carbocycles. The van der Waals surface area contributed by atoms with E-state index in [-0.39, 0.29) is 5.82 Å². The largest absolute Gasteiger partial charge is 0.355 e. The van der Waals surface area contributed by atoms with Crippen LogP contribution >= 0.6 is 11.6 Å². The highest BCUT2D eigenvalue weighted by Gasteiger charge is 2.16. The van der Waals surface area contributed by atoms with E-state index in [1.807, 2.05) is 18.0 Å². The number of halogens is 2. The van der Waals surface area contributed by atoms with E-state index in [4.69, 9.17) is 16.1 Å². The first-order valence-electron chi connectivity index (χ1n) is 6.95. The number of hydrogen-bond donors (Lipinski definition) is 0. The van der Waals surface area contributed by atoms with Crippen molar-refractivity contribution < 1.29 is 8.91 Å². The van der Waals surface area contributed by atoms with Crippen molar-refractivity contribution in [1.29, 1.82) is 0 Å². The predicted molar refractivity (Wildman–Crippen MR) is 85.8 cm³/mol. The molecule has 0 atom stereocenters. The average molecular weight is 333 g/mol. The quantitative estimate of drug-likeness (QED) is 0.726. The minimum absolute atomic E-state index is 0.360. The summed E-state index contributed by atoms with van der Waals surface area (Å²) in [7, 11) is 1.87. The Bertz CT molecular complexity index is 836. The Morgan fingerprint density at radius 1 is 1.30 bits per heavy atom. The summed E-state index contributed by atoms with van der Waals surface area (Å²) in [5.74, 6) is 1.28. The maximum absolute atomic E-state index is 13.2.